The van der Waals surface area contributed by atoms with E-state index in [1.54, 1.807) is 6.07 Å². The Bertz CT molecular complexity index is 508. The number of fused-ring (bicyclic) bond motifs is 1. The van der Waals surface area contributed by atoms with Crippen LogP contribution in [0.1, 0.15) is 36.8 Å². The summed E-state index contributed by atoms with van der Waals surface area (Å²) >= 11 is 1.32. The molecule has 0 aromatic carbocycles. The number of rotatable bonds is 3. The summed E-state index contributed by atoms with van der Waals surface area (Å²) in [7, 11) is -3.56. The van der Waals surface area contributed by atoms with Crippen molar-refractivity contribution in [3.05, 3.63) is 16.5 Å². The van der Waals surface area contributed by atoms with E-state index < -0.39 is 10.0 Å². The van der Waals surface area contributed by atoms with Crippen LogP contribution in [0.15, 0.2) is 10.3 Å². The van der Waals surface area contributed by atoms with E-state index in [-0.39, 0.29) is 6.04 Å². The molecule has 1 unspecified atom stereocenters. The van der Waals surface area contributed by atoms with Gasteiger partial charge in [-0.1, -0.05) is 13.8 Å². The van der Waals surface area contributed by atoms with Gasteiger partial charge in [-0.2, -0.15) is 0 Å². The van der Waals surface area contributed by atoms with Crippen LogP contribution < -0.4 is 10.5 Å². The van der Waals surface area contributed by atoms with Crippen molar-refractivity contribution in [1.82, 2.24) is 5.32 Å². The molecule has 6 heteroatoms. The van der Waals surface area contributed by atoms with Crippen molar-refractivity contribution < 1.29 is 8.42 Å². The van der Waals surface area contributed by atoms with Gasteiger partial charge in [0.15, 0.2) is 0 Å². The molecular formula is C11H18N2O2S2. The fraction of sp³-hybridized carbons (Fsp3) is 0.636. The predicted octanol–water partition coefficient (Wildman–Crippen LogP) is 1.63. The molecule has 1 aromatic heterocycles. The van der Waals surface area contributed by atoms with Crippen molar-refractivity contribution in [2.24, 2.45) is 11.1 Å². The lowest BCUT2D eigenvalue weighted by molar-refractivity contribution is 0.391. The fourth-order valence-corrected chi connectivity index (χ4v) is 4.55. The minimum absolute atomic E-state index is 0.269. The Balaban J connectivity index is 2.41. The lowest BCUT2D eigenvalue weighted by atomic mass is 9.86. The Kier molecular flexibility index (Phi) is 3.58. The summed E-state index contributed by atoms with van der Waals surface area (Å²) in [6.07, 6.45) is 2.01. The maximum Gasteiger partial charge on any atom is 0.247 e. The van der Waals surface area contributed by atoms with Crippen LogP contribution in [-0.2, 0) is 16.4 Å². The molecule has 0 aliphatic heterocycles. The van der Waals surface area contributed by atoms with Gasteiger partial charge in [0.25, 0.3) is 0 Å². The molecule has 0 radical (unpaired) electrons. The molecule has 3 N–H and O–H groups in total. The fourth-order valence-electron chi connectivity index (χ4n) is 2.38. The predicted molar refractivity (Wildman–Crippen MR) is 69.6 cm³/mol. The molecule has 2 atom stereocenters. The topological polar surface area (TPSA) is 72.2 Å². The monoisotopic (exact) mass is 274 g/mol. The Hall–Kier alpha value is -0.430. The second kappa shape index (κ2) is 4.68. The van der Waals surface area contributed by atoms with Gasteiger partial charge in [0.05, 0.1) is 0 Å². The summed E-state index contributed by atoms with van der Waals surface area (Å²) in [6, 6.07) is 2.01. The molecular weight excluding hydrogens is 256 g/mol. The number of nitrogens with one attached hydrogen (secondary N) is 1. The smallest absolute Gasteiger partial charge is 0.247 e. The lowest BCUT2D eigenvalue weighted by Crippen LogP contribution is -2.27. The van der Waals surface area contributed by atoms with Crippen molar-refractivity contribution in [3.63, 3.8) is 0 Å². The van der Waals surface area contributed by atoms with Gasteiger partial charge in [0.1, 0.15) is 4.21 Å². The van der Waals surface area contributed by atoms with Gasteiger partial charge in [-0.15, -0.1) is 11.3 Å². The highest BCUT2D eigenvalue weighted by atomic mass is 32.2. The maximum atomic E-state index is 11.4. The van der Waals surface area contributed by atoms with E-state index in [9.17, 15) is 8.42 Å². The van der Waals surface area contributed by atoms with Gasteiger partial charge in [-0.3, -0.25) is 0 Å². The van der Waals surface area contributed by atoms with Crippen LogP contribution >= 0.6 is 11.3 Å². The van der Waals surface area contributed by atoms with Crippen LogP contribution in [0.3, 0.4) is 0 Å². The van der Waals surface area contributed by atoms with Crippen LogP contribution in [0.5, 0.6) is 0 Å². The van der Waals surface area contributed by atoms with Crippen molar-refractivity contribution >= 4 is 21.4 Å². The third-order valence-electron chi connectivity index (χ3n) is 3.10. The van der Waals surface area contributed by atoms with Gasteiger partial charge in [-0.05, 0) is 36.9 Å². The van der Waals surface area contributed by atoms with E-state index in [4.69, 9.17) is 5.14 Å². The highest BCUT2D eigenvalue weighted by Crippen LogP contribution is 2.39. The Morgan fingerprint density at radius 2 is 2.29 bits per heavy atom. The van der Waals surface area contributed by atoms with Crippen LogP contribution in [0.25, 0.3) is 0 Å². The van der Waals surface area contributed by atoms with Gasteiger partial charge in [-0.25, -0.2) is 13.6 Å². The van der Waals surface area contributed by atoms with Crippen molar-refractivity contribution in [2.75, 3.05) is 6.54 Å². The summed E-state index contributed by atoms with van der Waals surface area (Å²) in [6.45, 7) is 5.15. The highest BCUT2D eigenvalue weighted by Gasteiger charge is 2.28. The first kappa shape index (κ1) is 13.0. The second-order valence-electron chi connectivity index (χ2n) is 4.64. The number of primary sulfonamides is 1. The molecule has 1 aliphatic carbocycles. The molecule has 0 fully saturated rings. The van der Waals surface area contributed by atoms with Gasteiger partial charge in [0.2, 0.25) is 10.0 Å². The van der Waals surface area contributed by atoms with Gasteiger partial charge < -0.3 is 5.32 Å². The summed E-state index contributed by atoms with van der Waals surface area (Å²) in [5, 5.41) is 8.59. The molecule has 2 rings (SSSR count). The average molecular weight is 274 g/mol. The molecule has 0 amide bonds. The molecule has 1 aromatic rings. The van der Waals surface area contributed by atoms with Crippen molar-refractivity contribution in [2.45, 2.75) is 36.9 Å². The molecule has 0 saturated carbocycles. The van der Waals surface area contributed by atoms with Crippen molar-refractivity contribution in [1.29, 1.82) is 0 Å². The number of sulfonamides is 1. The second-order valence-corrected chi connectivity index (χ2v) is 7.57. The van der Waals surface area contributed by atoms with Gasteiger partial charge >= 0.3 is 0 Å². The quantitative estimate of drug-likeness (QED) is 0.880. The zero-order valence-corrected chi connectivity index (χ0v) is 11.7. The first-order valence-corrected chi connectivity index (χ1v) is 8.17. The Labute approximate surface area is 106 Å². The number of nitrogens with two attached hydrogens (primary N) is 1. The SMILES string of the molecule is CCN[C@H]1CC(C)Cc2sc(S(N)(=O)=O)cc21. The van der Waals surface area contributed by atoms with E-state index in [1.807, 2.05) is 0 Å². The number of hydrogen-bond donors (Lipinski definition) is 2. The van der Waals surface area contributed by atoms with Crippen LogP contribution in [0, 0.1) is 5.92 Å². The molecule has 4 nitrogen and oxygen atoms in total. The first-order valence-electron chi connectivity index (χ1n) is 5.80. The number of thiophene rings is 1. The summed E-state index contributed by atoms with van der Waals surface area (Å²) in [5.41, 5.74) is 1.12. The van der Waals surface area contributed by atoms with E-state index in [1.165, 1.54) is 16.2 Å². The third-order valence-corrected chi connectivity index (χ3v) is 5.69. The normalized spacial score (nSPS) is 24.6. The highest BCUT2D eigenvalue weighted by molar-refractivity contribution is 7.91. The van der Waals surface area contributed by atoms with Crippen LogP contribution in [0.2, 0.25) is 0 Å². The minimum atomic E-state index is -3.56. The minimum Gasteiger partial charge on any atom is -0.310 e. The maximum absolute atomic E-state index is 11.4. The largest absolute Gasteiger partial charge is 0.310 e. The van der Waals surface area contributed by atoms with E-state index >= 15 is 0 Å². The standard InChI is InChI=1S/C11H18N2O2S2/c1-3-13-9-4-7(2)5-10-8(9)6-11(16-10)17(12,14)15/h6-7,9,13H,3-5H2,1-2H3,(H2,12,14,15)/t7?,9-/m0/s1. The van der Waals surface area contributed by atoms with Crippen molar-refractivity contribution in [3.8, 4) is 0 Å². The molecule has 0 bridgehead atoms. The molecule has 17 heavy (non-hydrogen) atoms. The summed E-state index contributed by atoms with van der Waals surface area (Å²) < 4.78 is 23.0. The van der Waals surface area contributed by atoms with Crippen LogP contribution in [-0.4, -0.2) is 15.0 Å². The summed E-state index contributed by atoms with van der Waals surface area (Å²) in [4.78, 5) is 1.17. The zero-order valence-electron chi connectivity index (χ0n) is 10.1. The molecule has 0 spiro atoms. The van der Waals surface area contributed by atoms with E-state index in [0.717, 1.165) is 24.9 Å². The Morgan fingerprint density at radius 3 is 2.88 bits per heavy atom. The summed E-state index contributed by atoms with van der Waals surface area (Å²) in [5.74, 6) is 0.582. The molecule has 1 heterocycles. The molecule has 1 aliphatic rings. The third kappa shape index (κ3) is 2.70. The Morgan fingerprint density at radius 1 is 1.59 bits per heavy atom. The molecule has 96 valence electrons. The van der Waals surface area contributed by atoms with E-state index in [0.29, 0.717) is 10.1 Å². The molecule has 0 saturated heterocycles. The van der Waals surface area contributed by atoms with Gasteiger partial charge in [0, 0.05) is 10.9 Å². The first-order chi connectivity index (χ1) is 7.91. The number of hydrogen-bond acceptors (Lipinski definition) is 4. The van der Waals surface area contributed by atoms with Crippen LogP contribution in [0.4, 0.5) is 0 Å². The zero-order chi connectivity index (χ0) is 12.6. The average Bonchev–Trinajstić information content (AvgIpc) is 2.61. The van der Waals surface area contributed by atoms with E-state index in [2.05, 4.69) is 19.2 Å². The lowest BCUT2D eigenvalue weighted by Gasteiger charge is -2.27.